The molecule has 0 unspecified atom stereocenters. The highest BCUT2D eigenvalue weighted by molar-refractivity contribution is 7.95. The van der Waals surface area contributed by atoms with Crippen LogP contribution in [0.15, 0.2) is 69.0 Å². The van der Waals surface area contributed by atoms with Gasteiger partial charge in [0, 0.05) is 10.6 Å². The van der Waals surface area contributed by atoms with Gasteiger partial charge < -0.3 is 5.32 Å². The summed E-state index contributed by atoms with van der Waals surface area (Å²) < 4.78 is 24.5. The van der Waals surface area contributed by atoms with Crippen LogP contribution in [0.4, 0.5) is 0 Å². The van der Waals surface area contributed by atoms with E-state index in [2.05, 4.69) is 5.32 Å². The zero-order valence-electron chi connectivity index (χ0n) is 11.5. The van der Waals surface area contributed by atoms with E-state index in [1.807, 2.05) is 0 Å². The van der Waals surface area contributed by atoms with Crippen LogP contribution in [0.2, 0.25) is 5.02 Å². The maximum Gasteiger partial charge on any atom is 0.256 e. The van der Waals surface area contributed by atoms with E-state index in [9.17, 15) is 13.2 Å². The first-order valence-corrected chi connectivity index (χ1v) is 8.86. The molecular weight excluding hydrogens is 381 g/mol. The van der Waals surface area contributed by atoms with Crippen molar-refractivity contribution in [2.75, 3.05) is 0 Å². The third-order valence-electron chi connectivity index (χ3n) is 2.83. The Kier molecular flexibility index (Phi) is 5.70. The van der Waals surface area contributed by atoms with E-state index in [1.165, 1.54) is 36.4 Å². The van der Waals surface area contributed by atoms with Crippen molar-refractivity contribution in [2.24, 2.45) is 0 Å². The third-order valence-corrected chi connectivity index (χ3v) is 5.42. The lowest BCUT2D eigenvalue weighted by Crippen LogP contribution is -2.28. The van der Waals surface area contributed by atoms with E-state index < -0.39 is 25.3 Å². The zero-order chi connectivity index (χ0) is 17.0. The van der Waals surface area contributed by atoms with Crippen LogP contribution in [0.5, 0.6) is 0 Å². The van der Waals surface area contributed by atoms with E-state index in [-0.39, 0.29) is 10.5 Å². The summed E-state index contributed by atoms with van der Waals surface area (Å²) in [6.45, 7) is 0. The van der Waals surface area contributed by atoms with Crippen molar-refractivity contribution in [3.63, 3.8) is 0 Å². The molecule has 0 saturated carbocycles. The first kappa shape index (κ1) is 17.8. The minimum absolute atomic E-state index is 0.0368. The lowest BCUT2D eigenvalue weighted by atomic mass is 10.2. The Morgan fingerprint density at radius 1 is 0.913 bits per heavy atom. The molecule has 0 bridgehead atoms. The molecule has 0 aliphatic carbocycles. The summed E-state index contributed by atoms with van der Waals surface area (Å²) >= 11 is 17.1. The van der Waals surface area contributed by atoms with E-state index in [1.54, 1.807) is 18.2 Å². The number of carbonyl (C=O) groups is 1. The molecule has 0 fully saturated rings. The largest absolute Gasteiger partial charge is 0.310 e. The average molecular weight is 391 g/mol. The fourth-order valence-corrected chi connectivity index (χ4v) is 3.72. The van der Waals surface area contributed by atoms with Crippen molar-refractivity contribution < 1.29 is 13.2 Å². The van der Waals surface area contributed by atoms with Gasteiger partial charge in [-0.3, -0.25) is 4.79 Å². The molecule has 2 aromatic carbocycles. The van der Waals surface area contributed by atoms with Gasteiger partial charge in [0.15, 0.2) is 5.03 Å². The third kappa shape index (κ3) is 4.26. The molecule has 0 saturated heterocycles. The number of sulfone groups is 1. The van der Waals surface area contributed by atoms with Gasteiger partial charge in [0.1, 0.15) is 4.49 Å². The Bertz CT molecular complexity index is 843. The Hall–Kier alpha value is -1.53. The van der Waals surface area contributed by atoms with Gasteiger partial charge in [-0.05, 0) is 36.4 Å². The number of benzene rings is 2. The van der Waals surface area contributed by atoms with E-state index in [4.69, 9.17) is 34.8 Å². The second-order valence-electron chi connectivity index (χ2n) is 4.37. The Balaban J connectivity index is 2.36. The van der Waals surface area contributed by atoms with Gasteiger partial charge >= 0.3 is 0 Å². The summed E-state index contributed by atoms with van der Waals surface area (Å²) in [4.78, 5) is 12.1. The van der Waals surface area contributed by atoms with Crippen LogP contribution < -0.4 is 5.32 Å². The fraction of sp³-hybridized carbons (Fsp3) is 0. The molecule has 0 atom stereocenters. The summed E-state index contributed by atoms with van der Waals surface area (Å²) in [5.41, 5.74) is 0.213. The standard InChI is InChI=1S/C15H10Cl3NO3S/c16-11-8-6-10(7-9-11)14(20)19-15(13(17)18)23(21,22)12-4-2-1-3-5-12/h1-9H,(H,19,20). The topological polar surface area (TPSA) is 63.2 Å². The minimum atomic E-state index is -4.05. The van der Waals surface area contributed by atoms with E-state index >= 15 is 0 Å². The molecule has 0 radical (unpaired) electrons. The first-order chi connectivity index (χ1) is 10.8. The second kappa shape index (κ2) is 7.36. The van der Waals surface area contributed by atoms with Gasteiger partial charge in [-0.15, -0.1) is 0 Å². The van der Waals surface area contributed by atoms with Crippen LogP contribution in [-0.4, -0.2) is 14.3 Å². The Labute approximate surface area is 148 Å². The lowest BCUT2D eigenvalue weighted by Gasteiger charge is -2.11. The number of carbonyl (C=O) groups excluding carboxylic acids is 1. The van der Waals surface area contributed by atoms with Gasteiger partial charge in [0.05, 0.1) is 4.90 Å². The molecule has 23 heavy (non-hydrogen) atoms. The molecule has 4 nitrogen and oxygen atoms in total. The van der Waals surface area contributed by atoms with Crippen LogP contribution in [0.1, 0.15) is 10.4 Å². The van der Waals surface area contributed by atoms with Crippen molar-refractivity contribution in [2.45, 2.75) is 4.90 Å². The van der Waals surface area contributed by atoms with Gasteiger partial charge in [-0.1, -0.05) is 53.0 Å². The SMILES string of the molecule is O=C(NC(=C(Cl)Cl)S(=O)(=O)c1ccccc1)c1ccc(Cl)cc1. The van der Waals surface area contributed by atoms with Crippen molar-refractivity contribution in [3.8, 4) is 0 Å². The van der Waals surface area contributed by atoms with E-state index in [0.717, 1.165) is 0 Å². The maximum absolute atomic E-state index is 12.5. The summed E-state index contributed by atoms with van der Waals surface area (Å²) in [6, 6.07) is 13.4. The first-order valence-electron chi connectivity index (χ1n) is 6.24. The van der Waals surface area contributed by atoms with Crippen molar-refractivity contribution in [1.29, 1.82) is 0 Å². The molecule has 2 rings (SSSR count). The Morgan fingerprint density at radius 3 is 2.00 bits per heavy atom. The number of hydrogen-bond acceptors (Lipinski definition) is 3. The summed E-state index contributed by atoms with van der Waals surface area (Å²) in [6.07, 6.45) is 0. The van der Waals surface area contributed by atoms with Crippen LogP contribution >= 0.6 is 34.8 Å². The molecule has 0 aliphatic rings. The van der Waals surface area contributed by atoms with E-state index in [0.29, 0.717) is 5.02 Å². The average Bonchev–Trinajstić information content (AvgIpc) is 2.53. The summed E-state index contributed by atoms with van der Waals surface area (Å²) in [5, 5.41) is 2.11. The predicted molar refractivity (Wildman–Crippen MR) is 91.3 cm³/mol. The molecule has 0 aromatic heterocycles. The quantitative estimate of drug-likeness (QED) is 0.853. The fourth-order valence-electron chi connectivity index (χ4n) is 1.71. The number of nitrogens with one attached hydrogen (secondary N) is 1. The molecular formula is C15H10Cl3NO3S. The monoisotopic (exact) mass is 389 g/mol. The molecule has 1 N–H and O–H groups in total. The molecule has 8 heteroatoms. The van der Waals surface area contributed by atoms with Gasteiger partial charge in [-0.2, -0.15) is 0 Å². The zero-order valence-corrected chi connectivity index (χ0v) is 14.5. The van der Waals surface area contributed by atoms with Gasteiger partial charge in [0.2, 0.25) is 9.84 Å². The summed E-state index contributed by atoms with van der Waals surface area (Å²) in [7, 11) is -4.05. The highest BCUT2D eigenvalue weighted by Gasteiger charge is 2.26. The number of halogens is 3. The van der Waals surface area contributed by atoms with Crippen molar-refractivity contribution in [3.05, 3.63) is 74.7 Å². The molecule has 120 valence electrons. The second-order valence-corrected chi connectivity index (χ2v) is 7.64. The van der Waals surface area contributed by atoms with Gasteiger partial charge in [-0.25, -0.2) is 8.42 Å². The van der Waals surface area contributed by atoms with Crippen LogP contribution in [0.25, 0.3) is 0 Å². The Morgan fingerprint density at radius 2 is 1.48 bits per heavy atom. The number of amides is 1. The maximum atomic E-state index is 12.5. The highest BCUT2D eigenvalue weighted by Crippen LogP contribution is 2.24. The van der Waals surface area contributed by atoms with Crippen LogP contribution in [0, 0.1) is 0 Å². The van der Waals surface area contributed by atoms with Crippen molar-refractivity contribution >= 4 is 50.5 Å². The predicted octanol–water partition coefficient (Wildman–Crippen LogP) is 4.15. The lowest BCUT2D eigenvalue weighted by molar-refractivity contribution is 0.0968. The molecule has 0 spiro atoms. The summed E-state index contributed by atoms with van der Waals surface area (Å²) in [5.74, 6) is -0.671. The number of rotatable bonds is 4. The normalized spacial score (nSPS) is 10.9. The molecule has 0 heterocycles. The molecule has 1 amide bonds. The van der Waals surface area contributed by atoms with Gasteiger partial charge in [0.25, 0.3) is 5.91 Å². The minimum Gasteiger partial charge on any atom is -0.310 e. The molecule has 0 aliphatic heterocycles. The highest BCUT2D eigenvalue weighted by atomic mass is 35.5. The van der Waals surface area contributed by atoms with Crippen LogP contribution in [0.3, 0.4) is 0 Å². The van der Waals surface area contributed by atoms with Crippen LogP contribution in [-0.2, 0) is 9.84 Å². The number of hydrogen-bond donors (Lipinski definition) is 1. The molecule has 2 aromatic rings. The van der Waals surface area contributed by atoms with Crippen molar-refractivity contribution in [1.82, 2.24) is 5.32 Å². The smallest absolute Gasteiger partial charge is 0.256 e.